The van der Waals surface area contributed by atoms with E-state index in [4.69, 9.17) is 10.5 Å². The quantitative estimate of drug-likeness (QED) is 0.838. The number of hydrogen-bond acceptors (Lipinski definition) is 6. The van der Waals surface area contributed by atoms with Crippen molar-refractivity contribution in [3.05, 3.63) is 28.5 Å². The standard InChI is InChI=1S/C12H16N4OS/c1-2-5-14-10-7-11(16-12(13)15-10)17-8-9-4-3-6-18-9/h3-4,6-7H,2,5,8H2,1H3,(H3,13,14,15,16). The van der Waals surface area contributed by atoms with Crippen LogP contribution >= 0.6 is 11.3 Å². The Morgan fingerprint density at radius 3 is 3.06 bits per heavy atom. The number of thiophene rings is 1. The molecule has 0 aliphatic heterocycles. The van der Waals surface area contributed by atoms with E-state index in [0.717, 1.165) is 17.8 Å². The second kappa shape index (κ2) is 6.20. The Bertz CT molecular complexity index is 487. The van der Waals surface area contributed by atoms with Crippen molar-refractivity contribution in [3.63, 3.8) is 0 Å². The summed E-state index contributed by atoms with van der Waals surface area (Å²) in [4.78, 5) is 9.29. The van der Waals surface area contributed by atoms with Crippen LogP contribution in [0.2, 0.25) is 0 Å². The molecule has 2 aromatic rings. The van der Waals surface area contributed by atoms with Crippen molar-refractivity contribution in [2.45, 2.75) is 20.0 Å². The van der Waals surface area contributed by atoms with Gasteiger partial charge in [0.05, 0.1) is 0 Å². The lowest BCUT2D eigenvalue weighted by atomic mass is 10.4. The molecule has 2 rings (SSSR count). The Balaban J connectivity index is 2.00. The van der Waals surface area contributed by atoms with Crippen LogP contribution in [0.3, 0.4) is 0 Å². The lowest BCUT2D eigenvalue weighted by Gasteiger charge is -2.08. The van der Waals surface area contributed by atoms with Gasteiger partial charge in [0.15, 0.2) is 0 Å². The molecule has 18 heavy (non-hydrogen) atoms. The van der Waals surface area contributed by atoms with Crippen molar-refractivity contribution in [1.29, 1.82) is 0 Å². The van der Waals surface area contributed by atoms with Crippen LogP contribution < -0.4 is 15.8 Å². The third-order valence-corrected chi connectivity index (χ3v) is 3.07. The van der Waals surface area contributed by atoms with E-state index < -0.39 is 0 Å². The fourth-order valence-electron chi connectivity index (χ4n) is 1.40. The molecule has 2 heterocycles. The maximum atomic E-state index is 5.64. The molecule has 0 saturated carbocycles. The van der Waals surface area contributed by atoms with E-state index >= 15 is 0 Å². The largest absolute Gasteiger partial charge is 0.472 e. The topological polar surface area (TPSA) is 73.1 Å². The number of nitrogen functional groups attached to an aromatic ring is 1. The highest BCUT2D eigenvalue weighted by molar-refractivity contribution is 7.09. The Hall–Kier alpha value is -1.82. The molecule has 0 fully saturated rings. The summed E-state index contributed by atoms with van der Waals surface area (Å²) in [6, 6.07) is 5.77. The highest BCUT2D eigenvalue weighted by atomic mass is 32.1. The van der Waals surface area contributed by atoms with E-state index in [1.807, 2.05) is 17.5 Å². The minimum Gasteiger partial charge on any atom is -0.472 e. The third kappa shape index (κ3) is 3.59. The molecule has 0 bridgehead atoms. The van der Waals surface area contributed by atoms with Gasteiger partial charge in [0, 0.05) is 17.5 Å². The molecule has 0 radical (unpaired) electrons. The van der Waals surface area contributed by atoms with Gasteiger partial charge in [-0.3, -0.25) is 0 Å². The highest BCUT2D eigenvalue weighted by Gasteiger charge is 2.03. The van der Waals surface area contributed by atoms with Gasteiger partial charge in [0.2, 0.25) is 11.8 Å². The fourth-order valence-corrected chi connectivity index (χ4v) is 2.02. The molecular weight excluding hydrogens is 248 g/mol. The number of anilines is 2. The van der Waals surface area contributed by atoms with Crippen LogP contribution in [0.4, 0.5) is 11.8 Å². The lowest BCUT2D eigenvalue weighted by molar-refractivity contribution is 0.297. The number of rotatable bonds is 6. The second-order valence-electron chi connectivity index (χ2n) is 3.74. The number of hydrogen-bond donors (Lipinski definition) is 2. The predicted octanol–water partition coefficient (Wildman–Crippen LogP) is 2.52. The van der Waals surface area contributed by atoms with Gasteiger partial charge in [-0.25, -0.2) is 0 Å². The maximum absolute atomic E-state index is 5.64. The van der Waals surface area contributed by atoms with Gasteiger partial charge in [-0.1, -0.05) is 13.0 Å². The van der Waals surface area contributed by atoms with Crippen molar-refractivity contribution >= 4 is 23.1 Å². The summed E-state index contributed by atoms with van der Waals surface area (Å²) in [5.41, 5.74) is 5.64. The van der Waals surface area contributed by atoms with E-state index in [-0.39, 0.29) is 5.95 Å². The molecule has 0 aliphatic carbocycles. The molecule has 3 N–H and O–H groups in total. The van der Waals surface area contributed by atoms with Gasteiger partial charge in [-0.15, -0.1) is 11.3 Å². The summed E-state index contributed by atoms with van der Waals surface area (Å²) in [5.74, 6) is 1.41. The van der Waals surface area contributed by atoms with E-state index in [9.17, 15) is 0 Å². The molecule has 96 valence electrons. The molecule has 0 amide bonds. The minimum atomic E-state index is 0.220. The van der Waals surface area contributed by atoms with E-state index in [1.165, 1.54) is 0 Å². The molecule has 0 unspecified atom stereocenters. The smallest absolute Gasteiger partial charge is 0.225 e. The van der Waals surface area contributed by atoms with Gasteiger partial charge in [0.1, 0.15) is 12.4 Å². The zero-order valence-electron chi connectivity index (χ0n) is 10.2. The highest BCUT2D eigenvalue weighted by Crippen LogP contribution is 2.17. The normalized spacial score (nSPS) is 10.3. The van der Waals surface area contributed by atoms with Crippen molar-refractivity contribution in [1.82, 2.24) is 9.97 Å². The van der Waals surface area contributed by atoms with Crippen molar-refractivity contribution in [2.75, 3.05) is 17.6 Å². The number of nitrogens with two attached hydrogens (primary N) is 1. The van der Waals surface area contributed by atoms with Gasteiger partial charge in [-0.2, -0.15) is 9.97 Å². The van der Waals surface area contributed by atoms with Crippen LogP contribution in [-0.4, -0.2) is 16.5 Å². The first kappa shape index (κ1) is 12.6. The van der Waals surface area contributed by atoms with Crippen LogP contribution in [0.25, 0.3) is 0 Å². The number of nitrogens with one attached hydrogen (secondary N) is 1. The summed E-state index contributed by atoms with van der Waals surface area (Å²) >= 11 is 1.65. The SMILES string of the molecule is CCCNc1cc(OCc2cccs2)nc(N)n1. The zero-order chi connectivity index (χ0) is 12.8. The van der Waals surface area contributed by atoms with Gasteiger partial charge < -0.3 is 15.8 Å². The summed E-state index contributed by atoms with van der Waals surface area (Å²) in [7, 11) is 0. The average Bonchev–Trinajstić information content (AvgIpc) is 2.86. The molecule has 0 atom stereocenters. The lowest BCUT2D eigenvalue weighted by Crippen LogP contribution is -2.06. The Morgan fingerprint density at radius 1 is 1.44 bits per heavy atom. The molecule has 0 aromatic carbocycles. The summed E-state index contributed by atoms with van der Waals surface area (Å²) in [6.45, 7) is 3.44. The maximum Gasteiger partial charge on any atom is 0.225 e. The van der Waals surface area contributed by atoms with E-state index in [2.05, 4.69) is 22.2 Å². The number of ether oxygens (including phenoxy) is 1. The molecule has 6 heteroatoms. The molecular formula is C12H16N4OS. The van der Waals surface area contributed by atoms with Crippen molar-refractivity contribution in [3.8, 4) is 5.88 Å². The Labute approximate surface area is 110 Å². The first-order valence-corrected chi connectivity index (χ1v) is 6.69. The molecule has 5 nitrogen and oxygen atoms in total. The molecule has 0 spiro atoms. The monoisotopic (exact) mass is 264 g/mol. The van der Waals surface area contributed by atoms with Gasteiger partial charge >= 0.3 is 0 Å². The van der Waals surface area contributed by atoms with Crippen LogP contribution in [0, 0.1) is 0 Å². The van der Waals surface area contributed by atoms with E-state index in [0.29, 0.717) is 18.3 Å². The van der Waals surface area contributed by atoms with Crippen LogP contribution in [0.15, 0.2) is 23.6 Å². The molecule has 0 saturated heterocycles. The van der Waals surface area contributed by atoms with E-state index in [1.54, 1.807) is 17.4 Å². The van der Waals surface area contributed by atoms with Crippen LogP contribution in [0.5, 0.6) is 5.88 Å². The third-order valence-electron chi connectivity index (χ3n) is 2.22. The second-order valence-corrected chi connectivity index (χ2v) is 4.78. The van der Waals surface area contributed by atoms with Gasteiger partial charge in [0.25, 0.3) is 0 Å². The minimum absolute atomic E-state index is 0.220. The Kier molecular flexibility index (Phi) is 4.35. The zero-order valence-corrected chi connectivity index (χ0v) is 11.0. The molecule has 0 aliphatic rings. The number of aromatic nitrogens is 2. The number of nitrogens with zero attached hydrogens (tertiary/aromatic N) is 2. The Morgan fingerprint density at radius 2 is 2.33 bits per heavy atom. The van der Waals surface area contributed by atoms with Crippen molar-refractivity contribution in [2.24, 2.45) is 0 Å². The van der Waals surface area contributed by atoms with Crippen molar-refractivity contribution < 1.29 is 4.74 Å². The van der Waals surface area contributed by atoms with Gasteiger partial charge in [-0.05, 0) is 17.9 Å². The summed E-state index contributed by atoms with van der Waals surface area (Å²) in [5, 5.41) is 5.18. The first-order chi connectivity index (χ1) is 8.78. The van der Waals surface area contributed by atoms with Crippen LogP contribution in [-0.2, 0) is 6.61 Å². The predicted molar refractivity (Wildman–Crippen MR) is 73.9 cm³/mol. The summed E-state index contributed by atoms with van der Waals surface area (Å²) in [6.07, 6.45) is 1.02. The average molecular weight is 264 g/mol. The summed E-state index contributed by atoms with van der Waals surface area (Å²) < 4.78 is 5.59. The molecule has 2 aromatic heterocycles. The van der Waals surface area contributed by atoms with Crippen LogP contribution in [0.1, 0.15) is 18.2 Å². The first-order valence-electron chi connectivity index (χ1n) is 5.81. The fraction of sp³-hybridized carbons (Fsp3) is 0.333.